The van der Waals surface area contributed by atoms with Crippen LogP contribution in [0.25, 0.3) is 0 Å². The van der Waals surface area contributed by atoms with Crippen LogP contribution in [0.5, 0.6) is 0 Å². The number of hydrogen-bond acceptors (Lipinski definition) is 5. The Morgan fingerprint density at radius 2 is 1.75 bits per heavy atom. The van der Waals surface area contributed by atoms with Crippen molar-refractivity contribution in [3.63, 3.8) is 0 Å². The molecule has 0 saturated carbocycles. The lowest BCUT2D eigenvalue weighted by Gasteiger charge is -2.14. The number of sulfonamides is 1. The van der Waals surface area contributed by atoms with E-state index in [0.717, 1.165) is 5.56 Å². The van der Waals surface area contributed by atoms with Crippen molar-refractivity contribution in [2.75, 3.05) is 6.54 Å². The molecular formula is C15H23ClN2O5S. The third kappa shape index (κ3) is 9.61. The van der Waals surface area contributed by atoms with Crippen molar-refractivity contribution in [2.45, 2.75) is 44.0 Å². The Balaban J connectivity index is 0.00000118. The molecule has 1 aromatic carbocycles. The van der Waals surface area contributed by atoms with Gasteiger partial charge in [0.25, 0.3) is 0 Å². The van der Waals surface area contributed by atoms with Crippen molar-refractivity contribution in [3.05, 3.63) is 29.8 Å². The lowest BCUT2D eigenvalue weighted by Crippen LogP contribution is -2.40. The number of halogens is 1. The predicted molar refractivity (Wildman–Crippen MR) is 92.4 cm³/mol. The van der Waals surface area contributed by atoms with Gasteiger partial charge in [0.15, 0.2) is 0 Å². The smallest absolute Gasteiger partial charge is 0.321 e. The number of rotatable bonds is 8. The first kappa shape index (κ1) is 22.5. The number of carboxylic acid groups (broad SMARTS) is 1. The van der Waals surface area contributed by atoms with Gasteiger partial charge in [-0.05, 0) is 50.0 Å². The zero-order valence-corrected chi connectivity index (χ0v) is 15.2. The average Bonchev–Trinajstić information content (AvgIpc) is 2.46. The SMILES string of the molecule is CC(=O)Cl.Cc1ccc(S(=O)(=O)NC(CCCCN)C(=O)O)cc1. The minimum absolute atomic E-state index is 0.0631. The minimum Gasteiger partial charge on any atom is -0.480 e. The van der Waals surface area contributed by atoms with E-state index in [1.165, 1.54) is 19.1 Å². The van der Waals surface area contributed by atoms with E-state index in [1.807, 2.05) is 6.92 Å². The largest absolute Gasteiger partial charge is 0.480 e. The summed E-state index contributed by atoms with van der Waals surface area (Å²) in [4.78, 5) is 20.4. The van der Waals surface area contributed by atoms with Crippen molar-refractivity contribution >= 4 is 32.8 Å². The fourth-order valence-electron chi connectivity index (χ4n) is 1.70. The second kappa shape index (κ2) is 11.1. The Kier molecular flexibility index (Phi) is 10.5. The van der Waals surface area contributed by atoms with Gasteiger partial charge >= 0.3 is 5.97 Å². The van der Waals surface area contributed by atoms with Gasteiger partial charge in [-0.1, -0.05) is 24.1 Å². The van der Waals surface area contributed by atoms with Gasteiger partial charge in [0.2, 0.25) is 15.3 Å². The lowest BCUT2D eigenvalue weighted by atomic mass is 10.1. The van der Waals surface area contributed by atoms with E-state index in [0.29, 0.717) is 19.4 Å². The summed E-state index contributed by atoms with van der Waals surface area (Å²) < 4.78 is 26.4. The molecule has 0 aliphatic carbocycles. The number of hydrogen-bond donors (Lipinski definition) is 3. The van der Waals surface area contributed by atoms with Crippen LogP contribution in [0.2, 0.25) is 0 Å². The van der Waals surface area contributed by atoms with Crippen LogP contribution >= 0.6 is 11.6 Å². The van der Waals surface area contributed by atoms with Gasteiger partial charge in [-0.2, -0.15) is 4.72 Å². The number of aliphatic carboxylic acids is 1. The number of carboxylic acids is 1. The number of nitrogens with two attached hydrogens (primary N) is 1. The van der Waals surface area contributed by atoms with Crippen molar-refractivity contribution in [2.24, 2.45) is 5.73 Å². The molecule has 1 atom stereocenters. The van der Waals surface area contributed by atoms with Crippen molar-refractivity contribution in [1.29, 1.82) is 0 Å². The zero-order chi connectivity index (χ0) is 18.8. The molecule has 4 N–H and O–H groups in total. The molecule has 1 unspecified atom stereocenters. The molecule has 0 bridgehead atoms. The Labute approximate surface area is 147 Å². The van der Waals surface area contributed by atoms with Gasteiger partial charge < -0.3 is 10.8 Å². The lowest BCUT2D eigenvalue weighted by molar-refractivity contribution is -0.139. The summed E-state index contributed by atoms with van der Waals surface area (Å²) in [7, 11) is -3.82. The maximum atomic E-state index is 12.1. The molecule has 24 heavy (non-hydrogen) atoms. The minimum atomic E-state index is -3.82. The third-order valence-corrected chi connectivity index (χ3v) is 4.36. The van der Waals surface area contributed by atoms with Crippen LogP contribution in [0, 0.1) is 6.92 Å². The van der Waals surface area contributed by atoms with Crippen LogP contribution in [0.1, 0.15) is 31.7 Å². The summed E-state index contributed by atoms with van der Waals surface area (Å²) in [5.41, 5.74) is 6.27. The molecule has 0 fully saturated rings. The van der Waals surface area contributed by atoms with Gasteiger partial charge in [-0.25, -0.2) is 8.42 Å². The Hall–Kier alpha value is -1.48. The summed E-state index contributed by atoms with van der Waals surface area (Å²) in [6.07, 6.45) is 1.44. The van der Waals surface area contributed by atoms with Crippen molar-refractivity contribution in [3.8, 4) is 0 Å². The summed E-state index contributed by atoms with van der Waals surface area (Å²) in [6, 6.07) is 5.11. The Bertz CT molecular complexity index is 628. The highest BCUT2D eigenvalue weighted by molar-refractivity contribution is 7.89. The van der Waals surface area contributed by atoms with Crippen molar-refractivity contribution in [1.82, 2.24) is 4.72 Å². The quantitative estimate of drug-likeness (QED) is 0.466. The predicted octanol–water partition coefficient (Wildman–Crippen LogP) is 1.63. The highest BCUT2D eigenvalue weighted by atomic mass is 35.5. The monoisotopic (exact) mass is 378 g/mol. The molecule has 0 radical (unpaired) electrons. The van der Waals surface area contributed by atoms with Gasteiger partial charge in [0.05, 0.1) is 4.90 Å². The topological polar surface area (TPSA) is 127 Å². The third-order valence-electron chi connectivity index (χ3n) is 2.87. The molecule has 0 aliphatic rings. The highest BCUT2D eigenvalue weighted by Crippen LogP contribution is 2.12. The molecular weight excluding hydrogens is 356 g/mol. The molecule has 9 heteroatoms. The van der Waals surface area contributed by atoms with E-state index >= 15 is 0 Å². The number of carbonyl (C=O) groups excluding carboxylic acids is 1. The van der Waals surface area contributed by atoms with Gasteiger partial charge in [0, 0.05) is 6.92 Å². The number of benzene rings is 1. The molecule has 1 rings (SSSR count). The van der Waals surface area contributed by atoms with Crippen LogP contribution in [0.3, 0.4) is 0 Å². The first-order chi connectivity index (χ1) is 11.1. The normalized spacial score (nSPS) is 12.0. The zero-order valence-electron chi connectivity index (χ0n) is 13.7. The number of nitrogens with one attached hydrogen (secondary N) is 1. The first-order valence-electron chi connectivity index (χ1n) is 7.28. The van der Waals surface area contributed by atoms with E-state index < -0.39 is 22.0 Å². The highest BCUT2D eigenvalue weighted by Gasteiger charge is 2.24. The molecule has 0 amide bonds. The van der Waals surface area contributed by atoms with Crippen LogP contribution in [0.15, 0.2) is 29.2 Å². The number of carbonyl (C=O) groups is 2. The maximum Gasteiger partial charge on any atom is 0.321 e. The van der Waals surface area contributed by atoms with Gasteiger partial charge in [-0.3, -0.25) is 9.59 Å². The molecule has 136 valence electrons. The molecule has 1 aromatic rings. The molecule has 0 spiro atoms. The second-order valence-corrected chi connectivity index (χ2v) is 7.33. The van der Waals surface area contributed by atoms with Crippen LogP contribution in [0.4, 0.5) is 0 Å². The molecule has 0 aliphatic heterocycles. The van der Waals surface area contributed by atoms with Gasteiger partial charge in [-0.15, -0.1) is 0 Å². The molecule has 0 heterocycles. The number of unbranched alkanes of at least 4 members (excludes halogenated alkanes) is 1. The fourth-order valence-corrected chi connectivity index (χ4v) is 2.92. The molecule has 0 saturated heterocycles. The van der Waals surface area contributed by atoms with Crippen LogP contribution < -0.4 is 10.5 Å². The Morgan fingerprint density at radius 3 is 2.17 bits per heavy atom. The van der Waals surface area contributed by atoms with Crippen LogP contribution in [-0.4, -0.2) is 37.3 Å². The maximum absolute atomic E-state index is 12.1. The van der Waals surface area contributed by atoms with Crippen LogP contribution in [-0.2, 0) is 19.6 Å². The summed E-state index contributed by atoms with van der Waals surface area (Å²) in [6.45, 7) is 3.59. The second-order valence-electron chi connectivity index (χ2n) is 5.08. The Morgan fingerprint density at radius 1 is 1.25 bits per heavy atom. The molecule has 0 aromatic heterocycles. The van der Waals surface area contributed by atoms with E-state index in [4.69, 9.17) is 10.8 Å². The summed E-state index contributed by atoms with van der Waals surface area (Å²) in [5, 5.41) is 8.71. The fraction of sp³-hybridized carbons (Fsp3) is 0.467. The summed E-state index contributed by atoms with van der Waals surface area (Å²) in [5.74, 6) is -1.18. The van der Waals surface area contributed by atoms with Gasteiger partial charge in [0.1, 0.15) is 6.04 Å². The first-order valence-corrected chi connectivity index (χ1v) is 9.14. The molecule has 7 nitrogen and oxygen atoms in total. The van der Waals surface area contributed by atoms with Crippen molar-refractivity contribution < 1.29 is 23.1 Å². The van der Waals surface area contributed by atoms with E-state index in [-0.39, 0.29) is 16.6 Å². The van der Waals surface area contributed by atoms with E-state index in [1.54, 1.807) is 12.1 Å². The standard InChI is InChI=1S/C13H20N2O4S.C2H3ClO/c1-10-5-7-11(8-6-10)20(18,19)15-12(13(16)17)4-2-3-9-14;1-2(3)4/h5-8,12,15H,2-4,9,14H2,1H3,(H,16,17);1H3. The van der Waals surface area contributed by atoms with E-state index in [9.17, 15) is 18.0 Å². The summed E-state index contributed by atoms with van der Waals surface area (Å²) >= 11 is 4.64. The average molecular weight is 379 g/mol. The number of aryl methyl sites for hydroxylation is 1. The van der Waals surface area contributed by atoms with E-state index in [2.05, 4.69) is 16.3 Å².